The second-order valence-corrected chi connectivity index (χ2v) is 8.85. The first-order valence-electron chi connectivity index (χ1n) is 12.7. The Morgan fingerprint density at radius 1 is 0.568 bits per heavy atom. The molecule has 4 rings (SSSR count). The molecular weight excluding hydrogens is 458 g/mol. The minimum Gasteiger partial charge on any atom is -0.426 e. The molecule has 0 radical (unpaired) electrons. The smallest absolute Gasteiger partial charge is 0.361 e. The van der Waals surface area contributed by atoms with Gasteiger partial charge < -0.3 is 25.5 Å². The van der Waals surface area contributed by atoms with Gasteiger partial charge in [-0.2, -0.15) is 0 Å². The highest BCUT2D eigenvalue weighted by Gasteiger charge is 2.24. The average Bonchev–Trinajstić information content (AvgIpc) is 2.96. The van der Waals surface area contributed by atoms with Crippen LogP contribution in [0.3, 0.4) is 0 Å². The Morgan fingerprint density at radius 3 is 1.57 bits per heavy atom. The highest BCUT2D eigenvalue weighted by molar-refractivity contribution is 6.80. The summed E-state index contributed by atoms with van der Waals surface area (Å²) in [6, 6.07) is 37.3. The van der Waals surface area contributed by atoms with Crippen LogP contribution in [0.15, 0.2) is 109 Å². The van der Waals surface area contributed by atoms with Crippen molar-refractivity contribution in [3.8, 4) is 0 Å². The number of hydrogen-bond acceptors (Lipinski definition) is 5. The van der Waals surface area contributed by atoms with Crippen LogP contribution in [0.1, 0.15) is 17.2 Å². The third-order valence-electron chi connectivity index (χ3n) is 6.30. The lowest BCUT2D eigenvalue weighted by molar-refractivity contribution is 0.136. The molecule has 0 aliphatic heterocycles. The van der Waals surface area contributed by atoms with Crippen molar-refractivity contribution >= 4 is 35.7 Å². The zero-order valence-corrected chi connectivity index (χ0v) is 21.3. The first-order valence-corrected chi connectivity index (χ1v) is 12.7. The van der Waals surface area contributed by atoms with Gasteiger partial charge in [0.15, 0.2) is 0 Å². The van der Waals surface area contributed by atoms with E-state index in [4.69, 9.17) is 25.5 Å². The molecule has 0 aliphatic rings. The fourth-order valence-electron chi connectivity index (χ4n) is 4.59. The van der Waals surface area contributed by atoms with Crippen LogP contribution in [0, 0.1) is 0 Å². The monoisotopic (exact) mass is 492 g/mol. The van der Waals surface area contributed by atoms with Gasteiger partial charge in [-0.25, -0.2) is 0 Å². The van der Waals surface area contributed by atoms with Gasteiger partial charge >= 0.3 is 13.8 Å². The molecule has 0 saturated heterocycles. The summed E-state index contributed by atoms with van der Waals surface area (Å²) in [6.45, 7) is 1.54. The van der Waals surface area contributed by atoms with E-state index in [0.29, 0.717) is 26.3 Å². The summed E-state index contributed by atoms with van der Waals surface area (Å²) in [4.78, 5) is 0. The van der Waals surface area contributed by atoms with E-state index in [1.807, 2.05) is 36.4 Å². The number of benzene rings is 4. The minimum atomic E-state index is -0.222. The molecule has 0 aliphatic carbocycles. The normalized spacial score (nSPS) is 11.8. The average molecular weight is 492 g/mol. The van der Waals surface area contributed by atoms with Gasteiger partial charge in [0.05, 0.1) is 0 Å². The van der Waals surface area contributed by atoms with Crippen LogP contribution in [-0.4, -0.2) is 47.2 Å². The van der Waals surface area contributed by atoms with E-state index in [0.717, 1.165) is 33.0 Å². The van der Waals surface area contributed by atoms with E-state index < -0.39 is 0 Å². The fourth-order valence-corrected chi connectivity index (χ4v) is 4.59. The molecule has 4 aromatic carbocycles. The third-order valence-corrected chi connectivity index (χ3v) is 6.30. The van der Waals surface area contributed by atoms with Crippen molar-refractivity contribution in [2.24, 2.45) is 11.5 Å². The van der Waals surface area contributed by atoms with Gasteiger partial charge in [-0.05, 0) is 33.0 Å². The lowest BCUT2D eigenvalue weighted by atomic mass is 9.55. The molecule has 0 amide bonds. The molecule has 4 aromatic rings. The van der Waals surface area contributed by atoms with Crippen molar-refractivity contribution in [1.29, 1.82) is 0 Å². The summed E-state index contributed by atoms with van der Waals surface area (Å²) >= 11 is 0. The second kappa shape index (κ2) is 13.9. The summed E-state index contributed by atoms with van der Waals surface area (Å²) in [6.07, 6.45) is -0.222. The SMILES string of the molecule is COC(c1ccc(B(OCCN)c2ccccc2)cc1)c1cccc(B(OCCN)c2ccccc2)c1. The zero-order valence-electron chi connectivity index (χ0n) is 21.3. The molecule has 5 nitrogen and oxygen atoms in total. The largest absolute Gasteiger partial charge is 0.426 e. The Labute approximate surface area is 221 Å². The lowest BCUT2D eigenvalue weighted by Crippen LogP contribution is -2.46. The number of rotatable bonds is 13. The van der Waals surface area contributed by atoms with E-state index in [-0.39, 0.29) is 19.9 Å². The predicted molar refractivity (Wildman–Crippen MR) is 155 cm³/mol. The van der Waals surface area contributed by atoms with E-state index >= 15 is 0 Å². The highest BCUT2D eigenvalue weighted by Crippen LogP contribution is 2.24. The number of nitrogens with two attached hydrogens (primary N) is 2. The predicted octanol–water partition coefficient (Wildman–Crippen LogP) is 1.58. The van der Waals surface area contributed by atoms with Crippen molar-refractivity contribution in [2.75, 3.05) is 33.4 Å². The van der Waals surface area contributed by atoms with E-state index in [1.165, 1.54) is 0 Å². The van der Waals surface area contributed by atoms with Crippen LogP contribution in [-0.2, 0) is 14.0 Å². The molecule has 7 heteroatoms. The minimum absolute atomic E-state index is 0.172. The van der Waals surface area contributed by atoms with Crippen LogP contribution >= 0.6 is 0 Å². The molecule has 0 saturated carbocycles. The Morgan fingerprint density at radius 2 is 1.05 bits per heavy atom. The standard InChI is InChI=1S/C30H34B2N2O3/c1-35-30(24-15-17-28(18-16-24)31(36-21-19-33)26-10-4-2-5-11-26)25-9-8-14-29(23-25)32(37-22-20-34)27-12-6-3-7-13-27/h2-18,23,30H,19-22,33-34H2,1H3. The quantitative estimate of drug-likeness (QED) is 0.277. The molecule has 1 unspecified atom stereocenters. The van der Waals surface area contributed by atoms with Gasteiger partial charge in [0.2, 0.25) is 0 Å². The molecule has 37 heavy (non-hydrogen) atoms. The van der Waals surface area contributed by atoms with Gasteiger partial charge in [0, 0.05) is 33.4 Å². The topological polar surface area (TPSA) is 79.7 Å². The van der Waals surface area contributed by atoms with Crippen molar-refractivity contribution in [1.82, 2.24) is 0 Å². The fraction of sp³-hybridized carbons (Fsp3) is 0.200. The van der Waals surface area contributed by atoms with Crippen molar-refractivity contribution < 1.29 is 14.0 Å². The van der Waals surface area contributed by atoms with Crippen LogP contribution in [0.2, 0.25) is 0 Å². The van der Waals surface area contributed by atoms with Crippen LogP contribution in [0.4, 0.5) is 0 Å². The second-order valence-electron chi connectivity index (χ2n) is 8.85. The lowest BCUT2D eigenvalue weighted by Gasteiger charge is -2.21. The molecule has 0 aromatic heterocycles. The molecule has 4 N–H and O–H groups in total. The number of ether oxygens (including phenoxy) is 1. The Balaban J connectivity index is 1.61. The van der Waals surface area contributed by atoms with Gasteiger partial charge in [-0.3, -0.25) is 0 Å². The first kappa shape index (κ1) is 26.9. The maximum atomic E-state index is 6.17. The Kier molecular flexibility index (Phi) is 10.1. The van der Waals surface area contributed by atoms with Crippen molar-refractivity contribution in [3.05, 3.63) is 120 Å². The molecular formula is C30H34B2N2O3. The molecule has 0 bridgehead atoms. The van der Waals surface area contributed by atoms with Crippen LogP contribution in [0.5, 0.6) is 0 Å². The van der Waals surface area contributed by atoms with Gasteiger partial charge in [-0.1, -0.05) is 109 Å². The van der Waals surface area contributed by atoms with Crippen molar-refractivity contribution in [2.45, 2.75) is 6.10 Å². The molecule has 0 spiro atoms. The summed E-state index contributed by atoms with van der Waals surface area (Å²) in [5.74, 6) is 0. The van der Waals surface area contributed by atoms with E-state index in [1.54, 1.807) is 7.11 Å². The van der Waals surface area contributed by atoms with Gasteiger partial charge in [0.25, 0.3) is 0 Å². The third kappa shape index (κ3) is 6.98. The summed E-state index contributed by atoms with van der Waals surface area (Å²) in [5, 5.41) is 0. The van der Waals surface area contributed by atoms with Gasteiger partial charge in [-0.15, -0.1) is 0 Å². The van der Waals surface area contributed by atoms with E-state index in [2.05, 4.69) is 72.8 Å². The maximum Gasteiger partial charge on any atom is 0.361 e. The molecule has 0 heterocycles. The van der Waals surface area contributed by atoms with Crippen molar-refractivity contribution in [3.63, 3.8) is 0 Å². The Hall–Kier alpha value is -3.19. The van der Waals surface area contributed by atoms with Crippen LogP contribution in [0.25, 0.3) is 0 Å². The summed E-state index contributed by atoms with van der Waals surface area (Å²) in [5.41, 5.74) is 17.9. The number of methoxy groups -OCH3 is 1. The molecule has 0 fully saturated rings. The summed E-state index contributed by atoms with van der Waals surface area (Å²) < 4.78 is 18.3. The Bertz CT molecular complexity index is 1210. The van der Waals surface area contributed by atoms with E-state index in [9.17, 15) is 0 Å². The molecule has 188 valence electrons. The molecule has 1 atom stereocenters. The first-order chi connectivity index (χ1) is 18.2. The maximum absolute atomic E-state index is 6.17. The highest BCUT2D eigenvalue weighted by atomic mass is 16.5. The zero-order chi connectivity index (χ0) is 25.9. The number of hydrogen-bond donors (Lipinski definition) is 2. The van der Waals surface area contributed by atoms with Crippen LogP contribution < -0.4 is 33.3 Å². The van der Waals surface area contributed by atoms with Gasteiger partial charge in [0.1, 0.15) is 6.10 Å². The summed E-state index contributed by atoms with van der Waals surface area (Å²) in [7, 11) is 1.74.